The van der Waals surface area contributed by atoms with Gasteiger partial charge in [0, 0.05) is 25.9 Å². The molecule has 0 bridgehead atoms. The van der Waals surface area contributed by atoms with Gasteiger partial charge in [-0.3, -0.25) is 9.59 Å². The summed E-state index contributed by atoms with van der Waals surface area (Å²) in [5, 5.41) is 5.79. The van der Waals surface area contributed by atoms with E-state index in [2.05, 4.69) is 38.3 Å². The maximum Gasteiger partial charge on any atom is 0.220 e. The summed E-state index contributed by atoms with van der Waals surface area (Å²) >= 11 is 0. The van der Waals surface area contributed by atoms with Crippen molar-refractivity contribution in [1.82, 2.24) is 10.6 Å². The van der Waals surface area contributed by atoms with Gasteiger partial charge in [0.05, 0.1) is 0 Å². The lowest BCUT2D eigenvalue weighted by Crippen LogP contribution is -2.29. The maximum absolute atomic E-state index is 11.6. The number of hydrogen-bond donors (Lipinski definition) is 2. The van der Waals surface area contributed by atoms with Gasteiger partial charge in [0.15, 0.2) is 0 Å². The smallest absolute Gasteiger partial charge is 0.220 e. The van der Waals surface area contributed by atoms with Crippen LogP contribution in [0.4, 0.5) is 0 Å². The van der Waals surface area contributed by atoms with Crippen molar-refractivity contribution in [3.05, 3.63) is 0 Å². The summed E-state index contributed by atoms with van der Waals surface area (Å²) in [6.45, 7) is 9.93. The average Bonchev–Trinajstić information content (AvgIpc) is 2.40. The highest BCUT2D eigenvalue weighted by Crippen LogP contribution is 2.07. The molecule has 0 fully saturated rings. The summed E-state index contributed by atoms with van der Waals surface area (Å²) in [5.74, 6) is 1.52. The first-order valence-corrected chi connectivity index (χ1v) is 8.45. The Morgan fingerprint density at radius 3 is 1.76 bits per heavy atom. The third-order valence-corrected chi connectivity index (χ3v) is 3.38. The van der Waals surface area contributed by atoms with Crippen molar-refractivity contribution in [1.29, 1.82) is 0 Å². The predicted octanol–water partition coefficient (Wildman–Crippen LogP) is 3.26. The summed E-state index contributed by atoms with van der Waals surface area (Å²) < 4.78 is 0. The number of rotatable bonds is 12. The van der Waals surface area contributed by atoms with Gasteiger partial charge >= 0.3 is 0 Å². The first-order valence-electron chi connectivity index (χ1n) is 8.45. The van der Waals surface area contributed by atoms with Gasteiger partial charge in [0.2, 0.25) is 11.8 Å². The molecule has 0 saturated carbocycles. The van der Waals surface area contributed by atoms with Crippen LogP contribution in [0.5, 0.6) is 0 Å². The molecule has 4 nitrogen and oxygen atoms in total. The van der Waals surface area contributed by atoms with Crippen LogP contribution in [-0.4, -0.2) is 24.9 Å². The molecule has 0 aliphatic carbocycles. The first-order chi connectivity index (χ1) is 9.91. The third kappa shape index (κ3) is 15.2. The lowest BCUT2D eigenvalue weighted by Gasteiger charge is -2.08. The van der Waals surface area contributed by atoms with Gasteiger partial charge in [0.25, 0.3) is 0 Å². The molecule has 2 N–H and O–H groups in total. The molecule has 2 amide bonds. The Bertz CT molecular complexity index is 289. The van der Waals surface area contributed by atoms with Gasteiger partial charge in [-0.1, -0.05) is 40.5 Å². The van der Waals surface area contributed by atoms with Crippen LogP contribution < -0.4 is 10.6 Å². The van der Waals surface area contributed by atoms with E-state index in [1.807, 2.05) is 0 Å². The van der Waals surface area contributed by atoms with E-state index < -0.39 is 0 Å². The van der Waals surface area contributed by atoms with Gasteiger partial charge in [-0.2, -0.15) is 0 Å². The van der Waals surface area contributed by atoms with E-state index in [0.717, 1.165) is 25.7 Å². The molecule has 124 valence electrons. The predicted molar refractivity (Wildman–Crippen MR) is 88.0 cm³/mol. The van der Waals surface area contributed by atoms with Gasteiger partial charge in [-0.05, 0) is 31.1 Å². The molecule has 0 aromatic heterocycles. The largest absolute Gasteiger partial charge is 0.356 e. The standard InChI is InChI=1S/C17H34N2O2/c1-14(2)8-5-6-9-16(20)18-12-7-13-19-17(21)11-10-15(3)4/h14-15H,5-13H2,1-4H3,(H,18,20)(H,19,21). The molecular weight excluding hydrogens is 264 g/mol. The Labute approximate surface area is 130 Å². The zero-order valence-electron chi connectivity index (χ0n) is 14.3. The van der Waals surface area contributed by atoms with Crippen LogP contribution in [0, 0.1) is 11.8 Å². The van der Waals surface area contributed by atoms with Gasteiger partial charge in [0.1, 0.15) is 0 Å². The zero-order valence-corrected chi connectivity index (χ0v) is 14.3. The topological polar surface area (TPSA) is 58.2 Å². The number of nitrogens with one attached hydrogen (secondary N) is 2. The van der Waals surface area contributed by atoms with E-state index in [1.54, 1.807) is 0 Å². The molecule has 0 saturated heterocycles. The highest BCUT2D eigenvalue weighted by molar-refractivity contribution is 5.76. The van der Waals surface area contributed by atoms with Crippen molar-refractivity contribution < 1.29 is 9.59 Å². The Kier molecular flexibility index (Phi) is 12.0. The van der Waals surface area contributed by atoms with E-state index in [1.165, 1.54) is 6.42 Å². The lowest BCUT2D eigenvalue weighted by atomic mass is 10.1. The van der Waals surface area contributed by atoms with Crippen LogP contribution in [0.3, 0.4) is 0 Å². The SMILES string of the molecule is CC(C)CCCCC(=O)NCCCNC(=O)CCC(C)C. The van der Waals surface area contributed by atoms with Crippen LogP contribution in [0.2, 0.25) is 0 Å². The van der Waals surface area contributed by atoms with Crippen molar-refractivity contribution in [2.24, 2.45) is 11.8 Å². The summed E-state index contributed by atoms with van der Waals surface area (Å²) in [7, 11) is 0. The van der Waals surface area contributed by atoms with Crippen LogP contribution in [-0.2, 0) is 9.59 Å². The molecule has 0 aromatic rings. The highest BCUT2D eigenvalue weighted by atomic mass is 16.2. The normalized spacial score (nSPS) is 11.0. The molecule has 0 aromatic carbocycles. The van der Waals surface area contributed by atoms with Gasteiger partial charge in [-0.25, -0.2) is 0 Å². The van der Waals surface area contributed by atoms with Crippen molar-refractivity contribution >= 4 is 11.8 Å². The fourth-order valence-corrected chi connectivity index (χ4v) is 1.98. The quantitative estimate of drug-likeness (QED) is 0.543. The first kappa shape index (κ1) is 19.9. The van der Waals surface area contributed by atoms with E-state index in [0.29, 0.717) is 37.8 Å². The molecule has 21 heavy (non-hydrogen) atoms. The monoisotopic (exact) mass is 298 g/mol. The van der Waals surface area contributed by atoms with E-state index in [9.17, 15) is 9.59 Å². The summed E-state index contributed by atoms with van der Waals surface area (Å²) in [4.78, 5) is 23.0. The van der Waals surface area contributed by atoms with Crippen molar-refractivity contribution in [2.45, 2.75) is 72.6 Å². The number of carbonyl (C=O) groups is 2. The number of carbonyl (C=O) groups excluding carboxylic acids is 2. The second kappa shape index (κ2) is 12.7. The molecule has 0 unspecified atom stereocenters. The van der Waals surface area contributed by atoms with Gasteiger partial charge in [-0.15, -0.1) is 0 Å². The number of unbranched alkanes of at least 4 members (excludes halogenated alkanes) is 1. The zero-order chi connectivity index (χ0) is 16.1. The Morgan fingerprint density at radius 1 is 0.714 bits per heavy atom. The van der Waals surface area contributed by atoms with Crippen LogP contribution in [0.15, 0.2) is 0 Å². The minimum Gasteiger partial charge on any atom is -0.356 e. The fraction of sp³-hybridized carbons (Fsp3) is 0.882. The Hall–Kier alpha value is -1.06. The van der Waals surface area contributed by atoms with Gasteiger partial charge < -0.3 is 10.6 Å². The summed E-state index contributed by atoms with van der Waals surface area (Å²) in [6.07, 6.45) is 6.22. The number of amides is 2. The molecule has 0 heterocycles. The summed E-state index contributed by atoms with van der Waals surface area (Å²) in [6, 6.07) is 0. The molecule has 0 spiro atoms. The average molecular weight is 298 g/mol. The second-order valence-electron chi connectivity index (χ2n) is 6.63. The van der Waals surface area contributed by atoms with Crippen molar-refractivity contribution in [2.75, 3.05) is 13.1 Å². The van der Waals surface area contributed by atoms with Crippen molar-refractivity contribution in [3.63, 3.8) is 0 Å². The maximum atomic E-state index is 11.6. The molecule has 0 rings (SSSR count). The minimum atomic E-state index is 0.115. The van der Waals surface area contributed by atoms with E-state index in [4.69, 9.17) is 0 Å². The van der Waals surface area contributed by atoms with Crippen molar-refractivity contribution in [3.8, 4) is 0 Å². The van der Waals surface area contributed by atoms with E-state index in [-0.39, 0.29) is 11.8 Å². The number of hydrogen-bond acceptors (Lipinski definition) is 2. The Balaban J connectivity index is 3.37. The fourth-order valence-electron chi connectivity index (χ4n) is 1.98. The van der Waals surface area contributed by atoms with Crippen LogP contribution >= 0.6 is 0 Å². The third-order valence-electron chi connectivity index (χ3n) is 3.38. The lowest BCUT2D eigenvalue weighted by molar-refractivity contribution is -0.121. The summed E-state index contributed by atoms with van der Waals surface area (Å²) in [5.41, 5.74) is 0. The molecule has 0 aliphatic rings. The highest BCUT2D eigenvalue weighted by Gasteiger charge is 2.03. The molecule has 4 heteroatoms. The Morgan fingerprint density at radius 2 is 1.24 bits per heavy atom. The molecule has 0 atom stereocenters. The molecular formula is C17H34N2O2. The minimum absolute atomic E-state index is 0.115. The van der Waals surface area contributed by atoms with Crippen LogP contribution in [0.25, 0.3) is 0 Å². The molecule has 0 radical (unpaired) electrons. The van der Waals surface area contributed by atoms with Crippen LogP contribution in [0.1, 0.15) is 72.6 Å². The molecule has 0 aliphatic heterocycles. The second-order valence-corrected chi connectivity index (χ2v) is 6.63. The van der Waals surface area contributed by atoms with E-state index >= 15 is 0 Å².